The molecule has 5 nitrogen and oxygen atoms in total. The Balaban J connectivity index is 1.68. The molecule has 0 bridgehead atoms. The second kappa shape index (κ2) is 14.7. The molecule has 2 aromatic carbocycles. The normalized spacial score (nSPS) is 15.3. The number of hydrogen-bond acceptors (Lipinski definition) is 4. The molecule has 4 rings (SSSR count). The van der Waals surface area contributed by atoms with Crippen molar-refractivity contribution >= 4 is 29.2 Å². The first kappa shape index (κ1) is 33.7. The fraction of sp³-hybridized carbons (Fsp3) is 0.308. The second-order valence-corrected chi connectivity index (χ2v) is 12.7. The van der Waals surface area contributed by atoms with Gasteiger partial charge in [-0.3, -0.25) is 4.79 Å². The topological polar surface area (TPSA) is 71.7 Å². The number of hydrogen-bond donors (Lipinski definition) is 2. The molecular formula is C39H44ClNO4. The van der Waals surface area contributed by atoms with Gasteiger partial charge in [-0.1, -0.05) is 93.5 Å². The van der Waals surface area contributed by atoms with Crippen LogP contribution in [0.2, 0.25) is 5.02 Å². The van der Waals surface area contributed by atoms with Crippen LogP contribution in [0, 0.1) is 5.41 Å². The van der Waals surface area contributed by atoms with Gasteiger partial charge in [0, 0.05) is 46.6 Å². The lowest BCUT2D eigenvalue weighted by atomic mass is 9.86. The number of esters is 1. The number of carbonyl (C=O) groups excluding carboxylic acids is 1. The van der Waals surface area contributed by atoms with Crippen LogP contribution in [0.4, 0.5) is 0 Å². The highest BCUT2D eigenvalue weighted by atomic mass is 35.5. The molecule has 6 heteroatoms. The van der Waals surface area contributed by atoms with Gasteiger partial charge < -0.3 is 19.5 Å². The molecule has 3 aromatic rings. The van der Waals surface area contributed by atoms with Crippen molar-refractivity contribution in [2.45, 2.75) is 73.8 Å². The van der Waals surface area contributed by atoms with Crippen LogP contribution in [0.25, 0.3) is 22.8 Å². The first-order valence-corrected chi connectivity index (χ1v) is 15.9. The van der Waals surface area contributed by atoms with Gasteiger partial charge in [-0.2, -0.15) is 0 Å². The highest BCUT2D eigenvalue weighted by Crippen LogP contribution is 2.45. The maximum Gasteiger partial charge on any atom is 0.316 e. The molecule has 236 valence electrons. The quantitative estimate of drug-likeness (QED) is 0.126. The van der Waals surface area contributed by atoms with E-state index in [2.05, 4.69) is 43.6 Å². The number of aromatic hydroxyl groups is 2. The smallest absolute Gasteiger partial charge is 0.316 e. The number of phenolic OH excluding ortho intramolecular Hbond substituents is 2. The zero-order valence-electron chi connectivity index (χ0n) is 27.2. The monoisotopic (exact) mass is 625 g/mol. The standard InChI is InChI=1S/C39H44ClNO4/c1-7-10-28(11-8-2)38-35-24-39(5,6)25-41(35)34(37(38)29-15-17-30(40)18-16-29)23-36(44)45-33(9-3)19-13-26(4)12-14-27-20-31(42)22-32(43)21-27/h7,10-22,42-43H,8-9,23-25H2,1-6H3. The lowest BCUT2D eigenvalue weighted by Crippen LogP contribution is -2.17. The van der Waals surface area contributed by atoms with Gasteiger partial charge in [0.25, 0.3) is 0 Å². The predicted octanol–water partition coefficient (Wildman–Crippen LogP) is 10.2. The third kappa shape index (κ3) is 8.49. The predicted molar refractivity (Wildman–Crippen MR) is 186 cm³/mol. The maximum atomic E-state index is 13.6. The van der Waals surface area contributed by atoms with E-state index >= 15 is 0 Å². The largest absolute Gasteiger partial charge is 0.508 e. The summed E-state index contributed by atoms with van der Waals surface area (Å²) >= 11 is 6.29. The van der Waals surface area contributed by atoms with Gasteiger partial charge in [0.15, 0.2) is 0 Å². The van der Waals surface area contributed by atoms with E-state index in [1.54, 1.807) is 18.2 Å². The summed E-state index contributed by atoms with van der Waals surface area (Å²) in [6, 6.07) is 12.3. The van der Waals surface area contributed by atoms with Crippen LogP contribution in [-0.2, 0) is 28.9 Å². The maximum absolute atomic E-state index is 13.6. The molecule has 1 aliphatic heterocycles. The van der Waals surface area contributed by atoms with Crippen molar-refractivity contribution in [3.8, 4) is 22.6 Å². The highest BCUT2D eigenvalue weighted by molar-refractivity contribution is 6.30. The minimum absolute atomic E-state index is 0.000620. The van der Waals surface area contributed by atoms with Crippen LogP contribution in [-0.4, -0.2) is 20.7 Å². The molecule has 0 fully saturated rings. The molecule has 0 atom stereocenters. The van der Waals surface area contributed by atoms with Gasteiger partial charge in [0.05, 0.1) is 6.42 Å². The zero-order valence-corrected chi connectivity index (χ0v) is 27.9. The fourth-order valence-electron chi connectivity index (χ4n) is 5.87. The average Bonchev–Trinajstić information content (AvgIpc) is 3.44. The molecule has 0 spiro atoms. The first-order chi connectivity index (χ1) is 21.4. The summed E-state index contributed by atoms with van der Waals surface area (Å²) in [7, 11) is 0. The van der Waals surface area contributed by atoms with Crippen molar-refractivity contribution in [3.63, 3.8) is 0 Å². The molecule has 2 heterocycles. The molecule has 0 saturated carbocycles. The van der Waals surface area contributed by atoms with E-state index < -0.39 is 0 Å². The lowest BCUT2D eigenvalue weighted by molar-refractivity contribution is -0.139. The average molecular weight is 626 g/mol. The SMILES string of the molecule is CC=CC(=CCC)c1c(-c2ccc(Cl)cc2)c(CC(=O)OC(=CC=C(C)C=Cc2cc(O)cc(O)c2)CC)n2c1CC(C)(C)C2. The van der Waals surface area contributed by atoms with Crippen LogP contribution < -0.4 is 0 Å². The van der Waals surface area contributed by atoms with Gasteiger partial charge >= 0.3 is 5.97 Å². The molecule has 0 saturated heterocycles. The van der Waals surface area contributed by atoms with Crippen LogP contribution in [0.15, 0.2) is 90.3 Å². The van der Waals surface area contributed by atoms with Crippen molar-refractivity contribution in [2.75, 3.05) is 0 Å². The number of fused-ring (bicyclic) bond motifs is 1. The van der Waals surface area contributed by atoms with Crippen molar-refractivity contribution < 1.29 is 19.7 Å². The minimum Gasteiger partial charge on any atom is -0.508 e. The summed E-state index contributed by atoms with van der Waals surface area (Å²) in [6.45, 7) is 13.4. The molecule has 0 amide bonds. The van der Waals surface area contributed by atoms with E-state index in [0.29, 0.717) is 22.8 Å². The Bertz CT molecular complexity index is 1680. The van der Waals surface area contributed by atoms with Crippen molar-refractivity contribution in [2.24, 2.45) is 5.41 Å². The molecular weight excluding hydrogens is 582 g/mol. The van der Waals surface area contributed by atoms with Gasteiger partial charge in [0.1, 0.15) is 17.3 Å². The van der Waals surface area contributed by atoms with Crippen LogP contribution in [0.5, 0.6) is 11.5 Å². The van der Waals surface area contributed by atoms with E-state index in [9.17, 15) is 15.0 Å². The summed E-state index contributed by atoms with van der Waals surface area (Å²) in [5.41, 5.74) is 8.31. The second-order valence-electron chi connectivity index (χ2n) is 12.3. The van der Waals surface area contributed by atoms with Crippen LogP contribution >= 0.6 is 11.6 Å². The van der Waals surface area contributed by atoms with Crippen molar-refractivity contribution in [3.05, 3.63) is 118 Å². The van der Waals surface area contributed by atoms with E-state index in [1.807, 2.05) is 63.3 Å². The van der Waals surface area contributed by atoms with Crippen LogP contribution in [0.1, 0.15) is 76.9 Å². The summed E-state index contributed by atoms with van der Waals surface area (Å²) in [5.74, 6) is 0.266. The molecule has 2 N–H and O–H groups in total. The first-order valence-electron chi connectivity index (χ1n) is 15.6. The third-order valence-electron chi connectivity index (χ3n) is 7.80. The Morgan fingerprint density at radius 3 is 2.36 bits per heavy atom. The Morgan fingerprint density at radius 2 is 1.73 bits per heavy atom. The fourth-order valence-corrected chi connectivity index (χ4v) is 6.00. The van der Waals surface area contributed by atoms with Crippen molar-refractivity contribution in [1.82, 2.24) is 4.57 Å². The number of aromatic nitrogens is 1. The summed E-state index contributed by atoms with van der Waals surface area (Å²) in [4.78, 5) is 13.6. The molecule has 0 aliphatic carbocycles. The van der Waals surface area contributed by atoms with Gasteiger partial charge in [-0.25, -0.2) is 0 Å². The van der Waals surface area contributed by atoms with Gasteiger partial charge in [-0.05, 0) is 79.1 Å². The number of rotatable bonds is 11. The number of ether oxygens (including phenoxy) is 1. The molecule has 1 aliphatic rings. The molecule has 1 aromatic heterocycles. The summed E-state index contributed by atoms with van der Waals surface area (Å²) in [6.07, 6.45) is 16.4. The summed E-state index contributed by atoms with van der Waals surface area (Å²) in [5, 5.41) is 20.1. The number of allylic oxidation sites excluding steroid dienone is 9. The highest BCUT2D eigenvalue weighted by Gasteiger charge is 2.36. The Morgan fingerprint density at radius 1 is 1.04 bits per heavy atom. The van der Waals surface area contributed by atoms with Crippen molar-refractivity contribution in [1.29, 1.82) is 0 Å². The van der Waals surface area contributed by atoms with E-state index in [4.69, 9.17) is 16.3 Å². The lowest BCUT2D eigenvalue weighted by Gasteiger charge is -2.19. The number of carbonyl (C=O) groups is 1. The van der Waals surface area contributed by atoms with Crippen LogP contribution in [0.3, 0.4) is 0 Å². The van der Waals surface area contributed by atoms with E-state index in [0.717, 1.165) is 47.4 Å². The zero-order chi connectivity index (χ0) is 32.7. The van der Waals surface area contributed by atoms with Gasteiger partial charge in [-0.15, -0.1) is 0 Å². The van der Waals surface area contributed by atoms with E-state index in [-0.39, 0.29) is 29.3 Å². The third-order valence-corrected chi connectivity index (χ3v) is 8.06. The minimum atomic E-state index is -0.307. The number of benzene rings is 2. The summed E-state index contributed by atoms with van der Waals surface area (Å²) < 4.78 is 8.30. The molecule has 0 unspecified atom stereocenters. The molecule has 45 heavy (non-hydrogen) atoms. The molecule has 0 radical (unpaired) electrons. The number of phenols is 2. The number of halogens is 1. The Labute approximate surface area is 272 Å². The number of nitrogens with zero attached hydrogens (tertiary/aromatic N) is 1. The van der Waals surface area contributed by atoms with E-state index in [1.165, 1.54) is 17.3 Å². The Kier molecular flexibility index (Phi) is 11.0. The Hall–Kier alpha value is -4.22. The van der Waals surface area contributed by atoms with Gasteiger partial charge in [0.2, 0.25) is 0 Å².